The van der Waals surface area contributed by atoms with Crippen LogP contribution < -0.4 is 10.6 Å². The van der Waals surface area contributed by atoms with Crippen LogP contribution in [0.4, 0.5) is 0 Å². The van der Waals surface area contributed by atoms with Gasteiger partial charge in [0.15, 0.2) is 0 Å². The van der Waals surface area contributed by atoms with Gasteiger partial charge in [0.05, 0.1) is 0 Å². The molecule has 0 aliphatic rings. The zero-order valence-corrected chi connectivity index (χ0v) is 11.0. The van der Waals surface area contributed by atoms with Gasteiger partial charge in [0.25, 0.3) is 0 Å². The molecule has 0 nitrogen and oxygen atoms in total. The molecule has 2 rings (SSSR count). The quantitative estimate of drug-likeness (QED) is 0.578. The van der Waals surface area contributed by atoms with E-state index in [-0.39, 0.29) is 0 Å². The summed E-state index contributed by atoms with van der Waals surface area (Å²) in [5, 5.41) is 3.73. The fraction of sp³-hybridized carbons (Fsp3) is 0. The topological polar surface area (TPSA) is 0 Å². The lowest BCUT2D eigenvalue weighted by Gasteiger charge is -2.16. The summed E-state index contributed by atoms with van der Waals surface area (Å²) in [5.41, 5.74) is 0. The molecule has 0 atom stereocenters. The van der Waals surface area contributed by atoms with Crippen molar-refractivity contribution in [3.05, 3.63) is 58.6 Å². The zero-order chi connectivity index (χ0) is 11.5. The molecule has 79 valence electrons. The maximum atomic E-state index is 6.23. The zero-order valence-electron chi connectivity index (χ0n) is 8.45. The smallest absolute Gasteiger partial charge is 0.0445 e. The normalized spacial score (nSPS) is 10.8. The lowest BCUT2D eigenvalue weighted by molar-refractivity contribution is 1.75. The third kappa shape index (κ3) is 2.80. The van der Waals surface area contributed by atoms with E-state index in [9.17, 15) is 0 Å². The Labute approximate surface area is 108 Å². The van der Waals surface area contributed by atoms with Crippen molar-refractivity contribution >= 4 is 49.2 Å². The van der Waals surface area contributed by atoms with E-state index >= 15 is 0 Å². The standard InChI is InChI=1S/C12H9BCl2P/c13-16(11-5-1-9(14)2-6-11)12-7-3-10(15)4-8-12/h1-8,16H. The van der Waals surface area contributed by atoms with Gasteiger partial charge in [-0.25, -0.2) is 0 Å². The van der Waals surface area contributed by atoms with Gasteiger partial charge in [-0.2, -0.15) is 7.80 Å². The van der Waals surface area contributed by atoms with E-state index in [1.165, 1.54) is 0 Å². The van der Waals surface area contributed by atoms with E-state index in [0.717, 1.165) is 20.7 Å². The van der Waals surface area contributed by atoms with Crippen molar-refractivity contribution in [1.29, 1.82) is 0 Å². The predicted molar refractivity (Wildman–Crippen MR) is 76.2 cm³/mol. The number of rotatable bonds is 2. The van der Waals surface area contributed by atoms with Crippen LogP contribution in [0.25, 0.3) is 0 Å². The molecule has 0 aromatic heterocycles. The molecule has 0 bridgehead atoms. The van der Waals surface area contributed by atoms with E-state index in [2.05, 4.69) is 0 Å². The second-order valence-corrected chi connectivity index (χ2v) is 6.28. The van der Waals surface area contributed by atoms with Crippen LogP contribution in [0, 0.1) is 0 Å². The van der Waals surface area contributed by atoms with Gasteiger partial charge in [-0.15, -0.1) is 0 Å². The van der Waals surface area contributed by atoms with Crippen molar-refractivity contribution in [3.63, 3.8) is 0 Å². The third-order valence-electron chi connectivity index (χ3n) is 2.31. The number of halogens is 2. The number of hydrogen-bond donors (Lipinski definition) is 0. The second-order valence-electron chi connectivity index (χ2n) is 3.43. The third-order valence-corrected chi connectivity index (χ3v) is 4.73. The Hall–Kier alpha value is -0.485. The highest BCUT2D eigenvalue weighted by Gasteiger charge is 2.05. The molecule has 0 saturated heterocycles. The molecule has 0 N–H and O–H groups in total. The molecule has 0 amide bonds. The maximum absolute atomic E-state index is 6.23. The van der Waals surface area contributed by atoms with Crippen LogP contribution in [-0.2, 0) is 0 Å². The van der Waals surface area contributed by atoms with Gasteiger partial charge in [-0.3, -0.25) is 7.57 Å². The first kappa shape index (κ1) is 12.0. The molecule has 2 aromatic rings. The fourth-order valence-corrected chi connectivity index (χ4v) is 3.06. The highest BCUT2D eigenvalue weighted by atomic mass is 35.5. The minimum atomic E-state index is -1.20. The average Bonchev–Trinajstić information content (AvgIpc) is 2.30. The minimum Gasteiger partial charge on any atom is -0.295 e. The molecule has 4 heteroatoms. The van der Waals surface area contributed by atoms with Crippen LogP contribution in [0.1, 0.15) is 0 Å². The molecule has 0 unspecified atom stereocenters. The largest absolute Gasteiger partial charge is 0.295 e. The van der Waals surface area contributed by atoms with Crippen molar-refractivity contribution in [2.24, 2.45) is 0 Å². The molecular weight excluding hydrogens is 257 g/mol. The van der Waals surface area contributed by atoms with Crippen molar-refractivity contribution in [2.45, 2.75) is 0 Å². The summed E-state index contributed by atoms with van der Waals surface area (Å²) < 4.78 is 0. The summed E-state index contributed by atoms with van der Waals surface area (Å²) in [4.78, 5) is 0. The van der Waals surface area contributed by atoms with Crippen molar-refractivity contribution in [1.82, 2.24) is 0 Å². The van der Waals surface area contributed by atoms with Gasteiger partial charge in [0.2, 0.25) is 0 Å². The molecule has 0 spiro atoms. The Balaban J connectivity index is 2.28. The molecule has 0 fully saturated rings. The van der Waals surface area contributed by atoms with E-state index in [1.54, 1.807) is 0 Å². The van der Waals surface area contributed by atoms with Crippen LogP contribution in [0.15, 0.2) is 48.5 Å². The molecule has 0 aliphatic heterocycles. The summed E-state index contributed by atoms with van der Waals surface area (Å²) in [5.74, 6) is 0. The van der Waals surface area contributed by atoms with Crippen LogP contribution >= 0.6 is 31.0 Å². The second kappa shape index (κ2) is 5.23. The number of benzene rings is 2. The molecule has 3 radical (unpaired) electrons. The molecule has 0 aliphatic carbocycles. The van der Waals surface area contributed by atoms with Crippen molar-refractivity contribution < 1.29 is 0 Å². The lowest BCUT2D eigenvalue weighted by atomic mass is 10.4. The molecule has 16 heavy (non-hydrogen) atoms. The Bertz CT molecular complexity index is 422. The van der Waals surface area contributed by atoms with E-state index in [1.807, 2.05) is 48.5 Å². The van der Waals surface area contributed by atoms with Crippen LogP contribution in [-0.4, -0.2) is 7.57 Å². The minimum absolute atomic E-state index is 0.731. The van der Waals surface area contributed by atoms with Crippen LogP contribution in [0.5, 0.6) is 0 Å². The van der Waals surface area contributed by atoms with Crippen molar-refractivity contribution in [2.75, 3.05) is 0 Å². The molecule has 2 aromatic carbocycles. The van der Waals surface area contributed by atoms with E-state index < -0.39 is 7.80 Å². The van der Waals surface area contributed by atoms with Gasteiger partial charge in [-0.05, 0) is 48.5 Å². The summed E-state index contributed by atoms with van der Waals surface area (Å²) in [6, 6.07) is 15.4. The SMILES string of the molecule is [B-][PH+](c1ccc(Cl)cc1)c1ccc(Cl)cc1. The Morgan fingerprint density at radius 3 is 1.31 bits per heavy atom. The Morgan fingerprint density at radius 2 is 1.00 bits per heavy atom. The highest BCUT2D eigenvalue weighted by Crippen LogP contribution is 2.28. The first-order chi connectivity index (χ1) is 7.66. The van der Waals surface area contributed by atoms with E-state index in [0.29, 0.717) is 0 Å². The maximum Gasteiger partial charge on any atom is 0.0445 e. The van der Waals surface area contributed by atoms with Gasteiger partial charge < -0.3 is 0 Å². The van der Waals surface area contributed by atoms with Crippen molar-refractivity contribution in [3.8, 4) is 0 Å². The van der Waals surface area contributed by atoms with Crippen LogP contribution in [0.2, 0.25) is 10.0 Å². The van der Waals surface area contributed by atoms with Crippen LogP contribution in [0.3, 0.4) is 0 Å². The predicted octanol–water partition coefficient (Wildman–Crippen LogP) is 3.24. The Morgan fingerprint density at radius 1 is 0.688 bits per heavy atom. The molecular formula is C12H9BCl2P. The summed E-state index contributed by atoms with van der Waals surface area (Å²) in [6.45, 7) is 0. The molecule has 0 saturated carbocycles. The summed E-state index contributed by atoms with van der Waals surface area (Å²) in [7, 11) is 5.04. The van der Waals surface area contributed by atoms with E-state index in [4.69, 9.17) is 30.8 Å². The summed E-state index contributed by atoms with van der Waals surface area (Å²) >= 11 is 11.7. The Kier molecular flexibility index (Phi) is 3.92. The average molecular weight is 266 g/mol. The lowest BCUT2D eigenvalue weighted by Crippen LogP contribution is -2.10. The first-order valence-electron chi connectivity index (χ1n) is 4.81. The van der Waals surface area contributed by atoms with Gasteiger partial charge in [-0.1, -0.05) is 23.2 Å². The van der Waals surface area contributed by atoms with Gasteiger partial charge in [0.1, 0.15) is 0 Å². The first-order valence-corrected chi connectivity index (χ1v) is 7.14. The highest BCUT2D eigenvalue weighted by molar-refractivity contribution is 7.94. The fourth-order valence-electron chi connectivity index (χ4n) is 1.43. The van der Waals surface area contributed by atoms with Gasteiger partial charge in [0, 0.05) is 20.7 Å². The van der Waals surface area contributed by atoms with Gasteiger partial charge >= 0.3 is 0 Å². The monoisotopic (exact) mass is 265 g/mol. The number of hydrogen-bond acceptors (Lipinski definition) is 0. The summed E-state index contributed by atoms with van der Waals surface area (Å²) in [6.07, 6.45) is 0. The molecule has 0 heterocycles.